The molecule has 4 heteroatoms. The SMILES string of the molecule is CNCc1cnc(COc2ccccc2)s1. The summed E-state index contributed by atoms with van der Waals surface area (Å²) in [6.07, 6.45) is 1.89. The largest absolute Gasteiger partial charge is 0.486 e. The molecule has 0 spiro atoms. The molecule has 0 aliphatic rings. The van der Waals surface area contributed by atoms with E-state index in [0.29, 0.717) is 6.61 Å². The van der Waals surface area contributed by atoms with Crippen LogP contribution in [-0.2, 0) is 13.2 Å². The zero-order valence-electron chi connectivity index (χ0n) is 9.14. The molecule has 0 bridgehead atoms. The topological polar surface area (TPSA) is 34.2 Å². The molecular weight excluding hydrogens is 220 g/mol. The van der Waals surface area contributed by atoms with Crippen molar-refractivity contribution in [3.8, 4) is 5.75 Å². The van der Waals surface area contributed by atoms with E-state index in [2.05, 4.69) is 10.3 Å². The molecule has 1 aromatic carbocycles. The van der Waals surface area contributed by atoms with Crippen LogP contribution < -0.4 is 10.1 Å². The number of benzene rings is 1. The molecule has 0 atom stereocenters. The van der Waals surface area contributed by atoms with Gasteiger partial charge in [-0.2, -0.15) is 0 Å². The van der Waals surface area contributed by atoms with Crippen molar-refractivity contribution in [1.29, 1.82) is 0 Å². The molecular formula is C12H14N2OS. The second-order valence-corrected chi connectivity index (χ2v) is 4.55. The van der Waals surface area contributed by atoms with Gasteiger partial charge in [-0.1, -0.05) is 18.2 Å². The highest BCUT2D eigenvalue weighted by Crippen LogP contribution is 2.16. The molecule has 0 aliphatic heterocycles. The standard InChI is InChI=1S/C12H14N2OS/c1-13-7-11-8-14-12(16-11)9-15-10-5-3-2-4-6-10/h2-6,8,13H,7,9H2,1H3. The van der Waals surface area contributed by atoms with E-state index in [1.807, 2.05) is 43.6 Å². The van der Waals surface area contributed by atoms with Gasteiger partial charge in [0, 0.05) is 17.6 Å². The molecule has 0 amide bonds. The van der Waals surface area contributed by atoms with E-state index >= 15 is 0 Å². The highest BCUT2D eigenvalue weighted by Gasteiger charge is 2.01. The fourth-order valence-electron chi connectivity index (χ4n) is 1.33. The minimum absolute atomic E-state index is 0.540. The molecule has 0 aliphatic carbocycles. The Kier molecular flexibility index (Phi) is 3.91. The van der Waals surface area contributed by atoms with Crippen molar-refractivity contribution >= 4 is 11.3 Å². The lowest BCUT2D eigenvalue weighted by molar-refractivity contribution is 0.305. The molecule has 3 nitrogen and oxygen atoms in total. The van der Waals surface area contributed by atoms with Gasteiger partial charge in [0.2, 0.25) is 0 Å². The number of hydrogen-bond acceptors (Lipinski definition) is 4. The average molecular weight is 234 g/mol. The van der Waals surface area contributed by atoms with Gasteiger partial charge < -0.3 is 10.1 Å². The van der Waals surface area contributed by atoms with Crippen molar-refractivity contribution < 1.29 is 4.74 Å². The molecule has 2 rings (SSSR count). The van der Waals surface area contributed by atoms with E-state index in [-0.39, 0.29) is 0 Å². The van der Waals surface area contributed by atoms with Crippen LogP contribution in [-0.4, -0.2) is 12.0 Å². The lowest BCUT2D eigenvalue weighted by atomic mass is 10.3. The minimum atomic E-state index is 0.540. The van der Waals surface area contributed by atoms with Crippen LogP contribution >= 0.6 is 11.3 Å². The first-order valence-electron chi connectivity index (χ1n) is 5.14. The first-order valence-corrected chi connectivity index (χ1v) is 5.96. The van der Waals surface area contributed by atoms with E-state index in [9.17, 15) is 0 Å². The molecule has 0 saturated carbocycles. The third-order valence-corrected chi connectivity index (χ3v) is 3.03. The lowest BCUT2D eigenvalue weighted by Gasteiger charge is -2.02. The molecule has 0 radical (unpaired) electrons. The van der Waals surface area contributed by atoms with Crippen molar-refractivity contribution in [1.82, 2.24) is 10.3 Å². The number of hydrogen-bond donors (Lipinski definition) is 1. The van der Waals surface area contributed by atoms with Gasteiger partial charge in [0.15, 0.2) is 0 Å². The Bertz CT molecular complexity index is 428. The highest BCUT2D eigenvalue weighted by molar-refractivity contribution is 7.11. The molecule has 0 saturated heterocycles. The number of aromatic nitrogens is 1. The van der Waals surface area contributed by atoms with Crippen LogP contribution in [0.3, 0.4) is 0 Å². The molecule has 1 heterocycles. The normalized spacial score (nSPS) is 10.3. The van der Waals surface area contributed by atoms with Crippen molar-refractivity contribution in [2.45, 2.75) is 13.2 Å². The third-order valence-electron chi connectivity index (χ3n) is 2.06. The predicted molar refractivity (Wildman–Crippen MR) is 65.7 cm³/mol. The van der Waals surface area contributed by atoms with Crippen LogP contribution in [0.1, 0.15) is 9.88 Å². The van der Waals surface area contributed by atoms with Crippen LogP contribution in [0.5, 0.6) is 5.75 Å². The van der Waals surface area contributed by atoms with E-state index < -0.39 is 0 Å². The van der Waals surface area contributed by atoms with E-state index in [1.54, 1.807) is 11.3 Å². The maximum absolute atomic E-state index is 5.61. The summed E-state index contributed by atoms with van der Waals surface area (Å²) in [4.78, 5) is 5.53. The summed E-state index contributed by atoms with van der Waals surface area (Å²) in [6, 6.07) is 9.79. The van der Waals surface area contributed by atoms with Crippen LogP contribution in [0, 0.1) is 0 Å². The molecule has 0 unspecified atom stereocenters. The first kappa shape index (κ1) is 11.1. The molecule has 0 fully saturated rings. The summed E-state index contributed by atoms with van der Waals surface area (Å²) in [7, 11) is 1.93. The average Bonchev–Trinajstić information content (AvgIpc) is 2.76. The number of ether oxygens (including phenoxy) is 1. The van der Waals surface area contributed by atoms with Gasteiger partial charge in [-0.3, -0.25) is 0 Å². The molecule has 1 N–H and O–H groups in total. The Labute approximate surface area is 99.1 Å². The van der Waals surface area contributed by atoms with Gasteiger partial charge >= 0.3 is 0 Å². The summed E-state index contributed by atoms with van der Waals surface area (Å²) in [5.41, 5.74) is 0. The van der Waals surface area contributed by atoms with Crippen LogP contribution in [0.15, 0.2) is 36.5 Å². The summed E-state index contributed by atoms with van der Waals surface area (Å²) >= 11 is 1.68. The van der Waals surface area contributed by atoms with Crippen LogP contribution in [0.25, 0.3) is 0 Å². The lowest BCUT2D eigenvalue weighted by Crippen LogP contribution is -2.02. The molecule has 1 aromatic heterocycles. The maximum atomic E-state index is 5.61. The number of rotatable bonds is 5. The third kappa shape index (κ3) is 3.05. The van der Waals surface area contributed by atoms with Crippen LogP contribution in [0.4, 0.5) is 0 Å². The fourth-order valence-corrected chi connectivity index (χ4v) is 2.18. The van der Waals surface area contributed by atoms with Crippen molar-refractivity contribution in [3.63, 3.8) is 0 Å². The molecule has 84 valence electrons. The van der Waals surface area contributed by atoms with Crippen molar-refractivity contribution in [2.24, 2.45) is 0 Å². The first-order chi connectivity index (χ1) is 7.88. The fraction of sp³-hybridized carbons (Fsp3) is 0.250. The second kappa shape index (κ2) is 5.63. The number of nitrogens with zero attached hydrogens (tertiary/aromatic N) is 1. The van der Waals surface area contributed by atoms with Crippen molar-refractivity contribution in [2.75, 3.05) is 7.05 Å². The predicted octanol–water partition coefficient (Wildman–Crippen LogP) is 2.44. The Balaban J connectivity index is 1.89. The zero-order chi connectivity index (χ0) is 11.2. The zero-order valence-corrected chi connectivity index (χ0v) is 9.96. The Morgan fingerprint density at radius 2 is 2.12 bits per heavy atom. The van der Waals surface area contributed by atoms with Gasteiger partial charge in [0.1, 0.15) is 17.4 Å². The molecule has 2 aromatic rings. The van der Waals surface area contributed by atoms with E-state index in [4.69, 9.17) is 4.74 Å². The number of thiazole rings is 1. The Morgan fingerprint density at radius 3 is 2.88 bits per heavy atom. The van der Waals surface area contributed by atoms with Crippen molar-refractivity contribution in [3.05, 3.63) is 46.4 Å². The van der Waals surface area contributed by atoms with Gasteiger partial charge in [-0.15, -0.1) is 11.3 Å². The number of para-hydroxylation sites is 1. The number of nitrogens with one attached hydrogen (secondary N) is 1. The van der Waals surface area contributed by atoms with Gasteiger partial charge in [0.05, 0.1) is 0 Å². The summed E-state index contributed by atoms with van der Waals surface area (Å²) in [5, 5.41) is 4.11. The van der Waals surface area contributed by atoms with Gasteiger partial charge in [-0.05, 0) is 19.2 Å². The highest BCUT2D eigenvalue weighted by atomic mass is 32.1. The second-order valence-electron chi connectivity index (χ2n) is 3.35. The maximum Gasteiger partial charge on any atom is 0.140 e. The Hall–Kier alpha value is -1.39. The smallest absolute Gasteiger partial charge is 0.140 e. The summed E-state index contributed by atoms with van der Waals surface area (Å²) in [6.45, 7) is 1.40. The minimum Gasteiger partial charge on any atom is -0.486 e. The summed E-state index contributed by atoms with van der Waals surface area (Å²) < 4.78 is 5.61. The van der Waals surface area contributed by atoms with Gasteiger partial charge in [0.25, 0.3) is 0 Å². The quantitative estimate of drug-likeness (QED) is 0.862. The monoisotopic (exact) mass is 234 g/mol. The summed E-state index contributed by atoms with van der Waals surface area (Å²) in [5.74, 6) is 0.882. The Morgan fingerprint density at radius 1 is 1.31 bits per heavy atom. The van der Waals surface area contributed by atoms with E-state index in [1.165, 1.54) is 4.88 Å². The van der Waals surface area contributed by atoms with Crippen LogP contribution in [0.2, 0.25) is 0 Å². The van der Waals surface area contributed by atoms with E-state index in [0.717, 1.165) is 17.3 Å². The van der Waals surface area contributed by atoms with Gasteiger partial charge in [-0.25, -0.2) is 4.98 Å². The molecule has 16 heavy (non-hydrogen) atoms.